The molecule has 1 aromatic heterocycles. The number of hydrogen-bond acceptors (Lipinski definition) is 5. The van der Waals surface area contributed by atoms with Crippen LogP contribution in [0.1, 0.15) is 50.5 Å². The molecule has 0 aliphatic carbocycles. The third-order valence-electron chi connectivity index (χ3n) is 7.14. The largest absolute Gasteiger partial charge is 0.379 e. The van der Waals surface area contributed by atoms with Crippen molar-refractivity contribution < 1.29 is 9.53 Å². The second-order valence-electron chi connectivity index (χ2n) is 9.19. The molecule has 3 aliphatic rings. The average molecular weight is 415 g/mol. The predicted molar refractivity (Wildman–Crippen MR) is 118 cm³/mol. The van der Waals surface area contributed by atoms with Crippen molar-refractivity contribution in [2.75, 3.05) is 52.5 Å². The van der Waals surface area contributed by atoms with E-state index in [4.69, 9.17) is 4.74 Å². The molecule has 0 spiro atoms. The molecule has 4 heterocycles. The van der Waals surface area contributed by atoms with Gasteiger partial charge in [-0.2, -0.15) is 0 Å². The molecule has 0 aromatic carbocycles. The summed E-state index contributed by atoms with van der Waals surface area (Å²) in [4.78, 5) is 24.4. The monoisotopic (exact) mass is 414 g/mol. The summed E-state index contributed by atoms with van der Waals surface area (Å²) in [5, 5.41) is 0. The molecule has 2 atom stereocenters. The van der Waals surface area contributed by atoms with E-state index in [1.807, 2.05) is 12.4 Å². The smallest absolute Gasteiger partial charge is 0.222 e. The predicted octanol–water partition coefficient (Wildman–Crippen LogP) is 2.79. The fourth-order valence-corrected chi connectivity index (χ4v) is 5.45. The fourth-order valence-electron chi connectivity index (χ4n) is 5.45. The molecule has 0 radical (unpaired) electrons. The molecule has 6 heteroatoms. The first-order chi connectivity index (χ1) is 14.8. The number of rotatable bonds is 6. The lowest BCUT2D eigenvalue weighted by molar-refractivity contribution is -0.131. The zero-order valence-corrected chi connectivity index (χ0v) is 18.4. The minimum Gasteiger partial charge on any atom is -0.379 e. The van der Waals surface area contributed by atoms with Crippen LogP contribution in [-0.2, 0) is 16.1 Å². The van der Waals surface area contributed by atoms with Gasteiger partial charge in [0.1, 0.15) is 0 Å². The maximum Gasteiger partial charge on any atom is 0.222 e. The molecule has 1 amide bonds. The van der Waals surface area contributed by atoms with Crippen LogP contribution in [0.3, 0.4) is 0 Å². The number of carbonyl (C=O) groups excluding carboxylic acids is 1. The topological polar surface area (TPSA) is 48.9 Å². The second-order valence-corrected chi connectivity index (χ2v) is 9.19. The van der Waals surface area contributed by atoms with E-state index >= 15 is 0 Å². The Bertz CT molecular complexity index is 642. The number of carbonyl (C=O) groups is 1. The third kappa shape index (κ3) is 6.02. The number of hydrogen-bond donors (Lipinski definition) is 0. The normalized spacial score (nSPS) is 27.0. The number of piperidine rings is 1. The van der Waals surface area contributed by atoms with Gasteiger partial charge in [0.05, 0.1) is 13.2 Å². The van der Waals surface area contributed by atoms with Gasteiger partial charge in [-0.3, -0.25) is 19.6 Å². The van der Waals surface area contributed by atoms with Gasteiger partial charge in [0.25, 0.3) is 0 Å². The van der Waals surface area contributed by atoms with Crippen LogP contribution in [0.5, 0.6) is 0 Å². The van der Waals surface area contributed by atoms with E-state index in [9.17, 15) is 4.79 Å². The van der Waals surface area contributed by atoms with Gasteiger partial charge in [0.15, 0.2) is 0 Å². The maximum atomic E-state index is 12.9. The van der Waals surface area contributed by atoms with E-state index in [0.717, 1.165) is 65.4 Å². The van der Waals surface area contributed by atoms with Crippen LogP contribution in [0.4, 0.5) is 0 Å². The highest BCUT2D eigenvalue weighted by atomic mass is 16.5. The van der Waals surface area contributed by atoms with E-state index in [-0.39, 0.29) is 0 Å². The lowest BCUT2D eigenvalue weighted by Gasteiger charge is -2.45. The molecule has 30 heavy (non-hydrogen) atoms. The van der Waals surface area contributed by atoms with Gasteiger partial charge < -0.3 is 9.64 Å². The van der Waals surface area contributed by atoms with Crippen LogP contribution in [0.25, 0.3) is 0 Å². The summed E-state index contributed by atoms with van der Waals surface area (Å²) in [6.45, 7) is 8.87. The first-order valence-corrected chi connectivity index (χ1v) is 12.0. The van der Waals surface area contributed by atoms with Crippen molar-refractivity contribution in [3.63, 3.8) is 0 Å². The Balaban J connectivity index is 1.36. The molecule has 0 unspecified atom stereocenters. The van der Waals surface area contributed by atoms with Crippen molar-refractivity contribution >= 4 is 5.91 Å². The summed E-state index contributed by atoms with van der Waals surface area (Å²) >= 11 is 0. The van der Waals surface area contributed by atoms with Gasteiger partial charge >= 0.3 is 0 Å². The van der Waals surface area contributed by atoms with Crippen LogP contribution in [-0.4, -0.2) is 84.1 Å². The van der Waals surface area contributed by atoms with Crippen LogP contribution in [0, 0.1) is 5.92 Å². The van der Waals surface area contributed by atoms with Crippen molar-refractivity contribution in [1.29, 1.82) is 0 Å². The maximum absolute atomic E-state index is 12.9. The number of amides is 1. The summed E-state index contributed by atoms with van der Waals surface area (Å²) in [6.07, 6.45) is 11.5. The Morgan fingerprint density at radius 1 is 1.00 bits per heavy atom. The zero-order valence-electron chi connectivity index (χ0n) is 18.4. The Kier molecular flexibility index (Phi) is 8.12. The fraction of sp³-hybridized carbons (Fsp3) is 0.750. The molecule has 0 bridgehead atoms. The standard InChI is InChI=1S/C24H38N4O2/c29-24(28-12-3-1-2-4-13-28)6-5-22-20-26(19-21-7-10-25-11-8-21)14-9-23(22)27-15-17-30-18-16-27/h7-8,10-11,22-23H,1-6,9,12-20H2/t22-,23+/m0/s1. The number of nitrogens with zero attached hydrogens (tertiary/aromatic N) is 4. The first kappa shape index (κ1) is 21.7. The second kappa shape index (κ2) is 11.2. The first-order valence-electron chi connectivity index (χ1n) is 12.0. The van der Waals surface area contributed by atoms with Gasteiger partial charge in [-0.1, -0.05) is 12.8 Å². The minimum atomic E-state index is 0.379. The third-order valence-corrected chi connectivity index (χ3v) is 7.14. The van der Waals surface area contributed by atoms with Crippen molar-refractivity contribution in [2.45, 2.75) is 57.5 Å². The van der Waals surface area contributed by atoms with Crippen LogP contribution in [0.2, 0.25) is 0 Å². The highest BCUT2D eigenvalue weighted by Gasteiger charge is 2.34. The van der Waals surface area contributed by atoms with Crippen molar-refractivity contribution in [3.8, 4) is 0 Å². The SMILES string of the molecule is O=C(CC[C@H]1CN(Cc2ccncc2)CC[C@H]1N1CCOCC1)N1CCCCCC1. The van der Waals surface area contributed by atoms with Crippen molar-refractivity contribution in [1.82, 2.24) is 19.7 Å². The van der Waals surface area contributed by atoms with Crippen molar-refractivity contribution in [3.05, 3.63) is 30.1 Å². The lowest BCUT2D eigenvalue weighted by atomic mass is 9.86. The zero-order chi connectivity index (χ0) is 20.6. The molecule has 3 saturated heterocycles. The molecular weight excluding hydrogens is 376 g/mol. The Morgan fingerprint density at radius 3 is 2.47 bits per heavy atom. The summed E-state index contributed by atoms with van der Waals surface area (Å²) in [5.41, 5.74) is 1.33. The molecule has 3 aliphatic heterocycles. The van der Waals surface area contributed by atoms with Gasteiger partial charge in [-0.15, -0.1) is 0 Å². The average Bonchev–Trinajstić information content (AvgIpc) is 3.09. The van der Waals surface area contributed by atoms with E-state index in [1.54, 1.807) is 0 Å². The van der Waals surface area contributed by atoms with E-state index < -0.39 is 0 Å². The minimum absolute atomic E-state index is 0.379. The Hall–Kier alpha value is -1.50. The summed E-state index contributed by atoms with van der Waals surface area (Å²) < 4.78 is 5.60. The summed E-state index contributed by atoms with van der Waals surface area (Å²) in [7, 11) is 0. The van der Waals surface area contributed by atoms with Gasteiger partial charge in [-0.25, -0.2) is 0 Å². The van der Waals surface area contributed by atoms with E-state index in [1.165, 1.54) is 37.7 Å². The van der Waals surface area contributed by atoms with E-state index in [0.29, 0.717) is 24.3 Å². The highest BCUT2D eigenvalue weighted by Crippen LogP contribution is 2.28. The number of morpholine rings is 1. The van der Waals surface area contributed by atoms with Gasteiger partial charge in [-0.05, 0) is 55.8 Å². The summed E-state index contributed by atoms with van der Waals surface area (Å²) in [5.74, 6) is 0.929. The molecule has 3 fully saturated rings. The number of pyridine rings is 1. The highest BCUT2D eigenvalue weighted by molar-refractivity contribution is 5.76. The molecule has 0 saturated carbocycles. The van der Waals surface area contributed by atoms with Gasteiger partial charge in [0.2, 0.25) is 5.91 Å². The van der Waals surface area contributed by atoms with Crippen LogP contribution >= 0.6 is 0 Å². The van der Waals surface area contributed by atoms with Crippen LogP contribution < -0.4 is 0 Å². The van der Waals surface area contributed by atoms with Crippen LogP contribution in [0.15, 0.2) is 24.5 Å². The quantitative estimate of drug-likeness (QED) is 0.716. The molecule has 166 valence electrons. The molecular formula is C24H38N4O2. The van der Waals surface area contributed by atoms with E-state index in [2.05, 4.69) is 31.8 Å². The Labute approximate surface area is 181 Å². The number of ether oxygens (including phenoxy) is 1. The molecule has 0 N–H and O–H groups in total. The molecule has 6 nitrogen and oxygen atoms in total. The number of likely N-dealkylation sites (tertiary alicyclic amines) is 2. The lowest BCUT2D eigenvalue weighted by Crippen LogP contribution is -2.54. The molecule has 4 rings (SSSR count). The van der Waals surface area contributed by atoms with Crippen molar-refractivity contribution in [2.24, 2.45) is 5.92 Å². The molecule has 1 aromatic rings. The van der Waals surface area contributed by atoms with Gasteiger partial charge in [0, 0.05) is 64.1 Å². The summed E-state index contributed by atoms with van der Waals surface area (Å²) in [6, 6.07) is 4.82. The Morgan fingerprint density at radius 2 is 1.73 bits per heavy atom. The number of aromatic nitrogens is 1.